The Bertz CT molecular complexity index is 986. The zero-order valence-corrected chi connectivity index (χ0v) is 18.6. The van der Waals surface area contributed by atoms with Crippen molar-refractivity contribution in [3.8, 4) is 0 Å². The molecule has 3 aromatic rings. The van der Waals surface area contributed by atoms with Gasteiger partial charge < -0.3 is 13.5 Å². The molecule has 1 unspecified atom stereocenters. The largest absolute Gasteiger partial charge is 0.446 e. The van der Waals surface area contributed by atoms with Crippen LogP contribution in [0.5, 0.6) is 0 Å². The number of imidazole rings is 1. The van der Waals surface area contributed by atoms with E-state index in [0.29, 0.717) is 49.8 Å². The maximum atomic E-state index is 12.3. The zero-order chi connectivity index (χ0) is 20.8. The van der Waals surface area contributed by atoms with E-state index in [2.05, 4.69) is 4.98 Å². The van der Waals surface area contributed by atoms with Gasteiger partial charge in [-0.05, 0) is 29.8 Å². The van der Waals surface area contributed by atoms with Crippen molar-refractivity contribution in [1.29, 1.82) is 0 Å². The van der Waals surface area contributed by atoms with Gasteiger partial charge in [-0.1, -0.05) is 58.5 Å². The van der Waals surface area contributed by atoms with Crippen LogP contribution in [0.1, 0.15) is 17.2 Å². The normalized spacial score (nSPS) is 12.0. The highest BCUT2D eigenvalue weighted by Gasteiger charge is 2.21. The zero-order valence-electron chi connectivity index (χ0n) is 14.7. The highest BCUT2D eigenvalue weighted by atomic mass is 35.5. The minimum Gasteiger partial charge on any atom is -0.446 e. The minimum absolute atomic E-state index is 0.115. The molecule has 0 aliphatic heterocycles. The molecular weight excluding hydrogens is 478 g/mol. The summed E-state index contributed by atoms with van der Waals surface area (Å²) < 4.78 is 12.7. The number of hydrogen-bond donors (Lipinski definition) is 0. The Hall–Kier alpha value is -1.41. The summed E-state index contributed by atoms with van der Waals surface area (Å²) in [5, 5.41) is 1.25. The second kappa shape index (κ2) is 10.6. The van der Waals surface area contributed by atoms with Crippen LogP contribution in [0.15, 0.2) is 55.1 Å². The van der Waals surface area contributed by atoms with E-state index in [0.717, 1.165) is 0 Å². The van der Waals surface area contributed by atoms with Gasteiger partial charge in [0.15, 0.2) is 0 Å². The molecule has 1 heterocycles. The fourth-order valence-electron chi connectivity index (χ4n) is 2.46. The van der Waals surface area contributed by atoms with Gasteiger partial charge in [-0.2, -0.15) is 0 Å². The first kappa shape index (κ1) is 22.3. The molecule has 1 atom stereocenters. The molecule has 10 heteroatoms. The average Bonchev–Trinajstić information content (AvgIpc) is 3.16. The van der Waals surface area contributed by atoms with Gasteiger partial charge in [0.05, 0.1) is 19.5 Å². The molecule has 0 saturated carbocycles. The molecule has 5 nitrogen and oxygen atoms in total. The summed E-state index contributed by atoms with van der Waals surface area (Å²) in [6.07, 6.45) is 4.36. The predicted octanol–water partition coefficient (Wildman–Crippen LogP) is 7.24. The molecular formula is C19H14Cl4N2O3S. The Balaban J connectivity index is 1.64. The molecule has 0 N–H and O–H groups in total. The number of ether oxygens (including phenoxy) is 1. The van der Waals surface area contributed by atoms with E-state index in [9.17, 15) is 4.79 Å². The molecule has 3 rings (SSSR count). The molecule has 0 spiro atoms. The number of halogens is 4. The monoisotopic (exact) mass is 490 g/mol. The van der Waals surface area contributed by atoms with E-state index >= 15 is 0 Å². The average molecular weight is 492 g/mol. The number of carbonyl (C=O) groups excluding carboxylic acids is 1. The predicted molar refractivity (Wildman–Crippen MR) is 117 cm³/mol. The van der Waals surface area contributed by atoms with Crippen LogP contribution in [-0.2, 0) is 22.1 Å². The van der Waals surface area contributed by atoms with E-state index in [-0.39, 0.29) is 6.61 Å². The molecule has 152 valence electrons. The molecule has 0 aliphatic carbocycles. The Labute approximate surface area is 192 Å². The van der Waals surface area contributed by atoms with Crippen LogP contribution in [0.4, 0.5) is 4.79 Å². The third kappa shape index (κ3) is 6.54. The number of hydrogen-bond acceptors (Lipinski definition) is 5. The van der Waals surface area contributed by atoms with Gasteiger partial charge in [-0.15, -0.1) is 0 Å². The van der Waals surface area contributed by atoms with Crippen LogP contribution in [-0.4, -0.2) is 14.9 Å². The van der Waals surface area contributed by atoms with Gasteiger partial charge in [-0.25, -0.2) is 9.78 Å². The van der Waals surface area contributed by atoms with Crippen LogP contribution in [0.3, 0.4) is 0 Å². The van der Waals surface area contributed by atoms with Gasteiger partial charge in [-0.3, -0.25) is 0 Å². The third-order valence-electron chi connectivity index (χ3n) is 3.84. The highest BCUT2D eigenvalue weighted by Crippen LogP contribution is 2.31. The summed E-state index contributed by atoms with van der Waals surface area (Å²) in [4.78, 5) is 16.3. The first-order valence-corrected chi connectivity index (χ1v) is 10.5. The quantitative estimate of drug-likeness (QED) is 0.257. The van der Waals surface area contributed by atoms with Crippen molar-refractivity contribution >= 4 is 63.7 Å². The maximum Gasteiger partial charge on any atom is 0.395 e. The summed E-state index contributed by atoms with van der Waals surface area (Å²) in [5.74, 6) is 0. The van der Waals surface area contributed by atoms with Crippen molar-refractivity contribution in [3.05, 3.63) is 86.3 Å². The topological polar surface area (TPSA) is 53.4 Å². The van der Waals surface area contributed by atoms with Crippen molar-refractivity contribution in [2.24, 2.45) is 0 Å². The Morgan fingerprint density at radius 1 is 1.07 bits per heavy atom. The molecule has 0 radical (unpaired) electrons. The van der Waals surface area contributed by atoms with Crippen LogP contribution in [0.25, 0.3) is 0 Å². The Morgan fingerprint density at radius 3 is 2.45 bits per heavy atom. The van der Waals surface area contributed by atoms with E-state index in [1.807, 2.05) is 0 Å². The van der Waals surface area contributed by atoms with E-state index < -0.39 is 11.4 Å². The van der Waals surface area contributed by atoms with Crippen molar-refractivity contribution in [1.82, 2.24) is 9.55 Å². The van der Waals surface area contributed by atoms with Crippen molar-refractivity contribution in [3.63, 3.8) is 0 Å². The molecule has 0 bridgehead atoms. The molecule has 0 saturated heterocycles. The SMILES string of the molecule is O=C(OC(Cn1ccnc1)c1ccc(Cl)cc1Cl)SOCc1ccc(Cl)cc1Cl. The summed E-state index contributed by atoms with van der Waals surface area (Å²) in [5.41, 5.74) is 1.33. The lowest BCUT2D eigenvalue weighted by Crippen LogP contribution is -2.14. The van der Waals surface area contributed by atoms with Crippen LogP contribution in [0, 0.1) is 0 Å². The second-order valence-electron chi connectivity index (χ2n) is 5.86. The smallest absolute Gasteiger partial charge is 0.395 e. The number of rotatable bonds is 7. The molecule has 0 fully saturated rings. The summed E-state index contributed by atoms with van der Waals surface area (Å²) >= 11 is 24.8. The lowest BCUT2D eigenvalue weighted by Gasteiger charge is -2.19. The Kier molecular flexibility index (Phi) is 8.12. The number of aromatic nitrogens is 2. The summed E-state index contributed by atoms with van der Waals surface area (Å²) in [6, 6.07) is 10.0. The first-order chi connectivity index (χ1) is 13.9. The van der Waals surface area contributed by atoms with Crippen molar-refractivity contribution in [2.45, 2.75) is 19.3 Å². The Morgan fingerprint density at radius 2 is 1.79 bits per heavy atom. The van der Waals surface area contributed by atoms with Crippen molar-refractivity contribution in [2.75, 3.05) is 0 Å². The summed E-state index contributed by atoms with van der Waals surface area (Å²) in [7, 11) is 0. The number of carbonyl (C=O) groups is 1. The van der Waals surface area contributed by atoms with Gasteiger partial charge in [0.2, 0.25) is 0 Å². The molecule has 0 aliphatic rings. The fraction of sp³-hybridized carbons (Fsp3) is 0.158. The van der Waals surface area contributed by atoms with Gasteiger partial charge in [0.1, 0.15) is 18.1 Å². The third-order valence-corrected chi connectivity index (χ3v) is 5.46. The standard InChI is InChI=1S/C19H14Cl4N2O3S/c20-13-2-1-12(16(22)7-13)10-27-29-19(26)28-18(9-25-6-5-24-11-25)15-4-3-14(21)8-17(15)23/h1-8,11,18H,9-10H2. The fourth-order valence-corrected chi connectivity index (χ4v) is 3.89. The summed E-state index contributed by atoms with van der Waals surface area (Å²) in [6.45, 7) is 0.445. The van der Waals surface area contributed by atoms with E-state index in [1.54, 1.807) is 59.7 Å². The minimum atomic E-state index is -0.656. The number of benzene rings is 2. The maximum absolute atomic E-state index is 12.3. The van der Waals surface area contributed by atoms with Crippen LogP contribution >= 0.6 is 58.4 Å². The van der Waals surface area contributed by atoms with E-state index in [4.69, 9.17) is 55.3 Å². The van der Waals surface area contributed by atoms with Gasteiger partial charge in [0.25, 0.3) is 0 Å². The molecule has 1 aromatic heterocycles. The van der Waals surface area contributed by atoms with Crippen molar-refractivity contribution < 1.29 is 13.7 Å². The van der Waals surface area contributed by atoms with Crippen LogP contribution < -0.4 is 0 Å². The van der Waals surface area contributed by atoms with E-state index in [1.165, 1.54) is 0 Å². The molecule has 29 heavy (non-hydrogen) atoms. The van der Waals surface area contributed by atoms with Gasteiger partial charge in [0, 0.05) is 38.0 Å². The number of nitrogens with zero attached hydrogens (tertiary/aromatic N) is 2. The second-order valence-corrected chi connectivity index (χ2v) is 8.29. The van der Waals surface area contributed by atoms with Crippen LogP contribution in [0.2, 0.25) is 20.1 Å². The highest BCUT2D eigenvalue weighted by molar-refractivity contribution is 8.09. The lowest BCUT2D eigenvalue weighted by molar-refractivity contribution is 0.109. The molecule has 2 aromatic carbocycles. The molecule has 0 amide bonds. The van der Waals surface area contributed by atoms with Gasteiger partial charge >= 0.3 is 5.30 Å². The lowest BCUT2D eigenvalue weighted by atomic mass is 10.1. The first-order valence-electron chi connectivity index (χ1n) is 8.27.